The first kappa shape index (κ1) is 11.5. The van der Waals surface area contributed by atoms with Crippen molar-refractivity contribution in [2.75, 3.05) is 7.11 Å². The number of hydrogen-bond donors (Lipinski definition) is 0. The molecule has 0 amide bonds. The third kappa shape index (κ3) is 2.56. The average molecular weight is 224 g/mol. The van der Waals surface area contributed by atoms with Crippen molar-refractivity contribution in [1.82, 2.24) is 0 Å². The topological polar surface area (TPSA) is 9.23 Å². The second kappa shape index (κ2) is 4.88. The molecule has 0 aliphatic carbocycles. The minimum Gasteiger partial charge on any atom is -0.497 e. The van der Waals surface area contributed by atoms with Gasteiger partial charge in [-0.05, 0) is 35.8 Å². The van der Waals surface area contributed by atoms with Gasteiger partial charge in [0.15, 0.2) is 0 Å². The highest BCUT2D eigenvalue weighted by molar-refractivity contribution is 5.78. The van der Waals surface area contributed by atoms with Crippen LogP contribution in [0, 0.1) is 6.92 Å². The van der Waals surface area contributed by atoms with Gasteiger partial charge < -0.3 is 4.74 Å². The molecule has 86 valence electrons. The van der Waals surface area contributed by atoms with Gasteiger partial charge in [0.25, 0.3) is 0 Å². The molecule has 0 aliphatic heterocycles. The smallest absolute Gasteiger partial charge is 0.118 e. The molecule has 1 heteroatoms. The lowest BCUT2D eigenvalue weighted by Gasteiger charge is -2.08. The van der Waals surface area contributed by atoms with E-state index in [1.54, 1.807) is 7.11 Å². The van der Waals surface area contributed by atoms with E-state index in [9.17, 15) is 0 Å². The molecule has 0 fully saturated rings. The number of methoxy groups -OCH3 is 1. The lowest BCUT2D eigenvalue weighted by molar-refractivity contribution is 0.415. The predicted octanol–water partition coefficient (Wildman–Crippen LogP) is 4.07. The van der Waals surface area contributed by atoms with Crippen LogP contribution in [0.4, 0.5) is 0 Å². The monoisotopic (exact) mass is 224 g/mol. The van der Waals surface area contributed by atoms with Crippen molar-refractivity contribution in [3.63, 3.8) is 0 Å². The van der Waals surface area contributed by atoms with Gasteiger partial charge in [0.2, 0.25) is 0 Å². The zero-order valence-corrected chi connectivity index (χ0v) is 10.2. The Balaban J connectivity index is 2.30. The summed E-state index contributed by atoms with van der Waals surface area (Å²) in [6.45, 7) is 6.24. The lowest BCUT2D eigenvalue weighted by atomic mass is 9.98. The third-order valence-corrected chi connectivity index (χ3v) is 2.81. The molecule has 0 saturated carbocycles. The van der Waals surface area contributed by atoms with Crippen LogP contribution in [-0.2, 0) is 0 Å². The summed E-state index contributed by atoms with van der Waals surface area (Å²) in [5.74, 6) is 0.866. The zero-order chi connectivity index (χ0) is 12.3. The lowest BCUT2D eigenvalue weighted by Crippen LogP contribution is -1.88. The molecule has 2 aromatic carbocycles. The number of ether oxygens (including phenoxy) is 1. The molecule has 2 aromatic rings. The Morgan fingerprint density at radius 1 is 1.00 bits per heavy atom. The summed E-state index contributed by atoms with van der Waals surface area (Å²) in [5.41, 5.74) is 4.57. The molecule has 0 radical (unpaired) electrons. The van der Waals surface area contributed by atoms with Gasteiger partial charge in [-0.1, -0.05) is 48.5 Å². The van der Waals surface area contributed by atoms with Gasteiger partial charge in [-0.3, -0.25) is 0 Å². The Labute approximate surface area is 102 Å². The van der Waals surface area contributed by atoms with Crippen LogP contribution in [-0.4, -0.2) is 7.11 Å². The summed E-state index contributed by atoms with van der Waals surface area (Å²) >= 11 is 0. The molecule has 0 atom stereocenters. The van der Waals surface area contributed by atoms with E-state index in [-0.39, 0.29) is 0 Å². The van der Waals surface area contributed by atoms with Crippen molar-refractivity contribution in [2.24, 2.45) is 0 Å². The molecule has 2 rings (SSSR count). The fourth-order valence-electron chi connectivity index (χ4n) is 1.79. The van der Waals surface area contributed by atoms with Crippen molar-refractivity contribution in [2.45, 2.75) is 6.92 Å². The summed E-state index contributed by atoms with van der Waals surface area (Å²) < 4.78 is 5.14. The van der Waals surface area contributed by atoms with Gasteiger partial charge >= 0.3 is 0 Å². The molecular formula is C16H16O. The van der Waals surface area contributed by atoms with Crippen LogP contribution >= 0.6 is 0 Å². The van der Waals surface area contributed by atoms with E-state index < -0.39 is 0 Å². The largest absolute Gasteiger partial charge is 0.497 e. The van der Waals surface area contributed by atoms with Gasteiger partial charge in [-0.2, -0.15) is 0 Å². The van der Waals surface area contributed by atoms with E-state index in [1.807, 2.05) is 24.3 Å². The van der Waals surface area contributed by atoms with Crippen LogP contribution in [0.3, 0.4) is 0 Å². The molecule has 0 aromatic heterocycles. The van der Waals surface area contributed by atoms with E-state index in [1.165, 1.54) is 5.56 Å². The van der Waals surface area contributed by atoms with Gasteiger partial charge in [0, 0.05) is 0 Å². The van der Waals surface area contributed by atoms with Gasteiger partial charge in [-0.25, -0.2) is 0 Å². The fourth-order valence-corrected chi connectivity index (χ4v) is 1.79. The second-order valence-corrected chi connectivity index (χ2v) is 4.08. The maximum absolute atomic E-state index is 5.14. The van der Waals surface area contributed by atoms with Crippen molar-refractivity contribution >= 4 is 5.57 Å². The Bertz CT molecular complexity index is 523. The van der Waals surface area contributed by atoms with Gasteiger partial charge in [-0.15, -0.1) is 0 Å². The van der Waals surface area contributed by atoms with E-state index in [0.29, 0.717) is 0 Å². The summed E-state index contributed by atoms with van der Waals surface area (Å²) in [7, 11) is 1.67. The summed E-state index contributed by atoms with van der Waals surface area (Å²) in [4.78, 5) is 0. The molecule has 0 bridgehead atoms. The number of aryl methyl sites for hydroxylation is 1. The van der Waals surface area contributed by atoms with Gasteiger partial charge in [0.1, 0.15) is 5.75 Å². The van der Waals surface area contributed by atoms with Crippen molar-refractivity contribution in [1.29, 1.82) is 0 Å². The van der Waals surface area contributed by atoms with Crippen LogP contribution < -0.4 is 4.74 Å². The molecule has 0 unspecified atom stereocenters. The first-order chi connectivity index (χ1) is 8.20. The number of benzene rings is 2. The molecule has 0 saturated heterocycles. The highest BCUT2D eigenvalue weighted by atomic mass is 16.5. The second-order valence-electron chi connectivity index (χ2n) is 4.08. The standard InChI is InChI=1S/C16H16O/c1-12-5-4-6-15(11-12)13(2)14-7-9-16(17-3)10-8-14/h4-11H,2H2,1,3H3. The highest BCUT2D eigenvalue weighted by Gasteiger charge is 2.02. The molecule has 0 heterocycles. The van der Waals surface area contributed by atoms with Gasteiger partial charge in [0.05, 0.1) is 7.11 Å². The van der Waals surface area contributed by atoms with Crippen LogP contribution in [0.25, 0.3) is 5.57 Å². The highest BCUT2D eigenvalue weighted by Crippen LogP contribution is 2.24. The zero-order valence-electron chi connectivity index (χ0n) is 10.2. The maximum Gasteiger partial charge on any atom is 0.118 e. The normalized spacial score (nSPS) is 10.0. The van der Waals surface area contributed by atoms with Crippen LogP contribution in [0.1, 0.15) is 16.7 Å². The Morgan fingerprint density at radius 2 is 1.71 bits per heavy atom. The van der Waals surface area contributed by atoms with E-state index in [2.05, 4.69) is 37.8 Å². The molecule has 0 N–H and O–H groups in total. The van der Waals surface area contributed by atoms with E-state index >= 15 is 0 Å². The molecule has 0 spiro atoms. The quantitative estimate of drug-likeness (QED) is 0.763. The minimum absolute atomic E-state index is 0.866. The molecular weight excluding hydrogens is 208 g/mol. The SMILES string of the molecule is C=C(c1ccc(OC)cc1)c1cccc(C)c1. The predicted molar refractivity (Wildman–Crippen MR) is 72.3 cm³/mol. The summed E-state index contributed by atoms with van der Waals surface area (Å²) in [5, 5.41) is 0. The van der Waals surface area contributed by atoms with Crippen LogP contribution in [0.15, 0.2) is 55.1 Å². The maximum atomic E-state index is 5.14. The molecule has 1 nitrogen and oxygen atoms in total. The Morgan fingerprint density at radius 3 is 2.29 bits per heavy atom. The molecule has 0 aliphatic rings. The van der Waals surface area contributed by atoms with Crippen molar-refractivity contribution in [3.8, 4) is 5.75 Å². The first-order valence-electron chi connectivity index (χ1n) is 5.61. The first-order valence-corrected chi connectivity index (χ1v) is 5.61. The average Bonchev–Trinajstić information content (AvgIpc) is 2.38. The number of hydrogen-bond acceptors (Lipinski definition) is 1. The molecule has 17 heavy (non-hydrogen) atoms. The van der Waals surface area contributed by atoms with E-state index in [0.717, 1.165) is 22.4 Å². The fraction of sp³-hybridized carbons (Fsp3) is 0.125. The van der Waals surface area contributed by atoms with Crippen molar-refractivity contribution < 1.29 is 4.74 Å². The Kier molecular flexibility index (Phi) is 3.29. The minimum atomic E-state index is 0.866. The summed E-state index contributed by atoms with van der Waals surface area (Å²) in [6.07, 6.45) is 0. The van der Waals surface area contributed by atoms with Crippen molar-refractivity contribution in [3.05, 3.63) is 71.8 Å². The van der Waals surface area contributed by atoms with Crippen LogP contribution in [0.5, 0.6) is 5.75 Å². The summed E-state index contributed by atoms with van der Waals surface area (Å²) in [6, 6.07) is 16.3. The van der Waals surface area contributed by atoms with Crippen LogP contribution in [0.2, 0.25) is 0 Å². The third-order valence-electron chi connectivity index (χ3n) is 2.81. The van der Waals surface area contributed by atoms with E-state index in [4.69, 9.17) is 4.74 Å². The number of rotatable bonds is 3. The Hall–Kier alpha value is -2.02.